The van der Waals surface area contributed by atoms with Gasteiger partial charge in [-0.1, -0.05) is 81.6 Å². The van der Waals surface area contributed by atoms with E-state index in [1.54, 1.807) is 0 Å². The topological polar surface area (TPSA) is 43.9 Å². The Balaban J connectivity index is 0.000000208. The molecule has 0 amide bonds. The predicted molar refractivity (Wildman–Crippen MR) is 217 cm³/mol. The van der Waals surface area contributed by atoms with Crippen LogP contribution in [0, 0.1) is 19.0 Å². The van der Waals surface area contributed by atoms with Gasteiger partial charge in [-0.05, 0) is 41.2 Å². The average molecular weight is 926 g/mol. The van der Waals surface area contributed by atoms with Crippen molar-refractivity contribution in [2.75, 3.05) is 0 Å². The maximum absolute atomic E-state index is 7.88. The molecule has 4 nitrogen and oxygen atoms in total. The van der Waals surface area contributed by atoms with Crippen LogP contribution in [0.1, 0.15) is 63.1 Å². The second-order valence-electron chi connectivity index (χ2n) is 14.6. The number of fused-ring (bicyclic) bond motifs is 4. The summed E-state index contributed by atoms with van der Waals surface area (Å²) in [5.74, 6) is 8.50. The van der Waals surface area contributed by atoms with Crippen molar-refractivity contribution in [3.63, 3.8) is 0 Å². The van der Waals surface area contributed by atoms with Gasteiger partial charge in [0.2, 0.25) is 0 Å². The molecule has 3 aromatic heterocycles. The second-order valence-corrected chi connectivity index (χ2v) is 25.2. The summed E-state index contributed by atoms with van der Waals surface area (Å²) in [6, 6.07) is 38.5. The van der Waals surface area contributed by atoms with Crippen LogP contribution in [-0.4, -0.2) is 27.8 Å². The molecule has 0 fully saturated rings. The number of para-hydroxylation sites is 4. The SMILES string of the molecule is CC(C)c1cccc(C(C)C)c1-n1c(-c2[c-]cc3oc4ccccc4c3c2)nc2ccccc21.[2H]c1[c-]c(-c2cc[c]([Ge]([CH3])([CH3])[CH3])cn2)cc([2H])c1C([2H])([2H])[2H].[Ir]. The number of pyridine rings is 1. The van der Waals surface area contributed by atoms with Gasteiger partial charge in [-0.2, -0.15) is 0 Å². The number of hydrogen-bond acceptors (Lipinski definition) is 3. The minimum Gasteiger partial charge on any atom is 0 e. The van der Waals surface area contributed by atoms with E-state index in [0.29, 0.717) is 23.1 Å². The number of rotatable bonds is 6. The molecular weight excluding hydrogens is 875 g/mol. The fourth-order valence-electron chi connectivity index (χ4n) is 6.48. The number of nitrogens with zero attached hydrogens (tertiary/aromatic N) is 3. The number of aromatic nitrogens is 3. The average Bonchev–Trinajstić information content (AvgIpc) is 3.72. The fourth-order valence-corrected chi connectivity index (χ4v) is 8.65. The molecule has 0 aliphatic carbocycles. The minimum atomic E-state index is -2.47. The van der Waals surface area contributed by atoms with Crippen LogP contribution in [-0.2, 0) is 20.1 Å². The maximum atomic E-state index is 7.88. The molecule has 1 radical (unpaired) electrons. The van der Waals surface area contributed by atoms with Crippen molar-refractivity contribution in [3.05, 3.63) is 144 Å². The summed E-state index contributed by atoms with van der Waals surface area (Å²) in [6.45, 7) is 6.57. The minimum absolute atomic E-state index is 0. The van der Waals surface area contributed by atoms with E-state index in [9.17, 15) is 0 Å². The van der Waals surface area contributed by atoms with Crippen molar-refractivity contribution in [2.24, 2.45) is 0 Å². The number of benzene rings is 5. The zero-order valence-corrected chi connectivity index (χ0v) is 35.0. The molecule has 6 heteroatoms. The number of imidazole rings is 1. The Morgan fingerprint density at radius 3 is 2.19 bits per heavy atom. The standard InChI is InChI=1S/C31H27N2O.C15H18GeN.Ir/c1-19(2)22-11-9-12-23(20(3)4)30(22)33-27-14-7-6-13-26(27)32-31(33)21-16-17-29-25(18-21)24-10-5-8-15-28(24)34-29;1-12-5-7-13(8-6-12)15-10-9-14(11-17-15)16(2,3)4;/h5-15,17-20H,1-4H3;5-7,9-11H,1-4H3;/q2*-1;/i;1D3,5D,6D;. The molecule has 0 N–H and O–H groups in total. The Labute approximate surface area is 331 Å². The van der Waals surface area contributed by atoms with E-state index in [-0.39, 0.29) is 37.8 Å². The first-order valence-electron chi connectivity index (χ1n) is 20.0. The van der Waals surface area contributed by atoms with Gasteiger partial charge < -0.3 is 8.98 Å². The molecule has 0 saturated heterocycles. The summed E-state index contributed by atoms with van der Waals surface area (Å²) in [5.41, 5.74) is 9.50. The summed E-state index contributed by atoms with van der Waals surface area (Å²) in [4.78, 5) is 9.53. The molecule has 52 heavy (non-hydrogen) atoms. The molecule has 0 saturated carbocycles. The van der Waals surface area contributed by atoms with Gasteiger partial charge in [0, 0.05) is 31.2 Å². The van der Waals surface area contributed by atoms with Crippen LogP contribution in [0.3, 0.4) is 0 Å². The Bertz CT molecular complexity index is 2660. The van der Waals surface area contributed by atoms with Crippen LogP contribution in [0.25, 0.3) is 61.3 Å². The molecule has 0 bridgehead atoms. The maximum Gasteiger partial charge on any atom is 0 e. The fraction of sp³-hybridized carbons (Fsp3) is 0.217. The first-order valence-corrected chi connectivity index (χ1v) is 24.8. The van der Waals surface area contributed by atoms with Crippen LogP contribution >= 0.6 is 0 Å². The third-order valence-corrected chi connectivity index (χ3v) is 13.5. The summed E-state index contributed by atoms with van der Waals surface area (Å²) in [6.07, 6.45) is 1.84. The van der Waals surface area contributed by atoms with Gasteiger partial charge in [-0.3, -0.25) is 4.98 Å². The zero-order chi connectivity index (χ0) is 40.1. The normalized spacial score (nSPS) is 13.3. The number of hydrogen-bond donors (Lipinski definition) is 0. The molecule has 0 unspecified atom stereocenters. The first-order chi connectivity index (χ1) is 26.5. The Morgan fingerprint density at radius 2 is 1.52 bits per heavy atom. The van der Waals surface area contributed by atoms with E-state index < -0.39 is 20.1 Å². The van der Waals surface area contributed by atoms with E-state index >= 15 is 0 Å². The van der Waals surface area contributed by atoms with E-state index in [4.69, 9.17) is 16.3 Å². The quantitative estimate of drug-likeness (QED) is 0.123. The molecular formula is C46H45GeIrN3O-2. The predicted octanol–water partition coefficient (Wildman–Crippen LogP) is 12.0. The van der Waals surface area contributed by atoms with Crippen molar-refractivity contribution in [2.45, 2.75) is 63.7 Å². The monoisotopic (exact) mass is 927 g/mol. The molecule has 0 aliphatic heterocycles. The Morgan fingerprint density at radius 1 is 0.788 bits per heavy atom. The third kappa shape index (κ3) is 7.46. The van der Waals surface area contributed by atoms with E-state index in [1.807, 2.05) is 36.5 Å². The van der Waals surface area contributed by atoms with E-state index in [0.717, 1.165) is 44.4 Å². The van der Waals surface area contributed by atoms with Crippen molar-refractivity contribution in [3.8, 4) is 28.3 Å². The van der Waals surface area contributed by atoms with Crippen LogP contribution in [0.4, 0.5) is 0 Å². The van der Waals surface area contributed by atoms with Gasteiger partial charge in [0.15, 0.2) is 0 Å². The van der Waals surface area contributed by atoms with Gasteiger partial charge >= 0.3 is 113 Å². The summed E-state index contributed by atoms with van der Waals surface area (Å²) in [7, 11) is 0. The molecule has 8 rings (SSSR count). The van der Waals surface area contributed by atoms with Crippen molar-refractivity contribution in [1.82, 2.24) is 14.5 Å². The molecule has 3 heterocycles. The summed E-state index contributed by atoms with van der Waals surface area (Å²) >= 11 is -1.93. The van der Waals surface area contributed by atoms with Crippen LogP contribution < -0.4 is 4.40 Å². The molecule has 265 valence electrons. The molecule has 5 aromatic carbocycles. The van der Waals surface area contributed by atoms with Gasteiger partial charge in [0.25, 0.3) is 0 Å². The molecule has 0 atom stereocenters. The molecule has 8 aromatic rings. The van der Waals surface area contributed by atoms with Gasteiger partial charge in [-0.15, -0.1) is 23.8 Å². The Kier molecular flexibility index (Phi) is 9.23. The summed E-state index contributed by atoms with van der Waals surface area (Å²) < 4.78 is 47.6. The largest absolute Gasteiger partial charge is 0 e. The third-order valence-electron chi connectivity index (χ3n) is 9.27. The molecule has 0 spiro atoms. The van der Waals surface area contributed by atoms with Gasteiger partial charge in [0.1, 0.15) is 5.58 Å². The zero-order valence-electron chi connectivity index (χ0n) is 35.6. The Hall–Kier alpha value is -4.29. The van der Waals surface area contributed by atoms with Crippen LogP contribution in [0.2, 0.25) is 17.3 Å². The van der Waals surface area contributed by atoms with Crippen LogP contribution in [0.5, 0.6) is 0 Å². The van der Waals surface area contributed by atoms with Crippen molar-refractivity contribution < 1.29 is 31.4 Å². The van der Waals surface area contributed by atoms with E-state index in [2.05, 4.69) is 127 Å². The summed E-state index contributed by atoms with van der Waals surface area (Å²) in [5, 5.41) is 2.20. The van der Waals surface area contributed by atoms with E-state index in [1.165, 1.54) is 27.3 Å². The van der Waals surface area contributed by atoms with Crippen LogP contribution in [0.15, 0.2) is 120 Å². The second kappa shape index (κ2) is 15.4. The molecule has 0 aliphatic rings. The van der Waals surface area contributed by atoms with Crippen molar-refractivity contribution in [1.29, 1.82) is 0 Å². The van der Waals surface area contributed by atoms with Gasteiger partial charge in [-0.25, -0.2) is 0 Å². The number of furan rings is 1. The van der Waals surface area contributed by atoms with Gasteiger partial charge in [0.05, 0.1) is 22.4 Å². The first kappa shape index (κ1) is 31.3. The van der Waals surface area contributed by atoms with Crippen molar-refractivity contribution >= 4 is 50.6 Å². The smallest absolute Gasteiger partial charge is 0 e.